The zero-order valence-corrected chi connectivity index (χ0v) is 15.4. The van der Waals surface area contributed by atoms with Gasteiger partial charge in [-0.1, -0.05) is 40.0 Å². The average Bonchev–Trinajstić information content (AvgIpc) is 2.77. The number of carboxylic acid groups (broad SMARTS) is 2. The summed E-state index contributed by atoms with van der Waals surface area (Å²) in [6, 6.07) is 1.83. The van der Waals surface area contributed by atoms with Gasteiger partial charge in [0.15, 0.2) is 0 Å². The van der Waals surface area contributed by atoms with Gasteiger partial charge in [-0.05, 0) is 49.4 Å². The Kier molecular flexibility index (Phi) is 5.95. The zero-order chi connectivity index (χ0) is 18.0. The van der Waals surface area contributed by atoms with Gasteiger partial charge in [0, 0.05) is 18.6 Å². The van der Waals surface area contributed by atoms with Crippen LogP contribution in [0.1, 0.15) is 78.6 Å². The number of hydrogen-bond acceptors (Lipinski definition) is 3. The number of nitrogens with zero attached hydrogens (tertiary/aromatic N) is 1. The molecule has 0 aromatic heterocycles. The Morgan fingerprint density at radius 3 is 2.00 bits per heavy atom. The van der Waals surface area contributed by atoms with Crippen LogP contribution in [-0.2, 0) is 9.59 Å². The first-order chi connectivity index (χ1) is 11.1. The van der Waals surface area contributed by atoms with Crippen LogP contribution in [0.15, 0.2) is 0 Å². The smallest absolute Gasteiger partial charge is 0.414 e. The first-order valence-electron chi connectivity index (χ1n) is 9.34. The van der Waals surface area contributed by atoms with Crippen LogP contribution in [0.2, 0.25) is 0 Å². The van der Waals surface area contributed by atoms with Crippen molar-refractivity contribution in [2.24, 2.45) is 10.8 Å². The lowest BCUT2D eigenvalue weighted by Crippen LogP contribution is -2.43. The molecule has 138 valence electrons. The summed E-state index contributed by atoms with van der Waals surface area (Å²) in [4.78, 5) is 21.1. The molecular weight excluding hydrogens is 306 g/mol. The van der Waals surface area contributed by atoms with Crippen LogP contribution < -0.4 is 0 Å². The van der Waals surface area contributed by atoms with Crippen LogP contribution in [0.25, 0.3) is 0 Å². The Hall–Kier alpha value is -1.10. The summed E-state index contributed by atoms with van der Waals surface area (Å²) < 4.78 is 0. The highest BCUT2D eigenvalue weighted by Crippen LogP contribution is 2.50. The lowest BCUT2D eigenvalue weighted by Gasteiger charge is -2.40. The largest absolute Gasteiger partial charge is 0.473 e. The standard InChI is InChI=1S/C17H31N.C2H2O4/c1-16(2)9-10-17(3)12-15(11-16)18(13-17)14-7-5-4-6-8-14;3-1(4)2(5)6/h14-15H,4-13H2,1-3H3;(H,3,4)(H,5,6). The van der Waals surface area contributed by atoms with Gasteiger partial charge in [-0.3, -0.25) is 4.90 Å². The Bertz CT molecular complexity index is 458. The molecule has 0 spiro atoms. The quantitative estimate of drug-likeness (QED) is 0.711. The van der Waals surface area contributed by atoms with Gasteiger partial charge < -0.3 is 10.2 Å². The van der Waals surface area contributed by atoms with Crippen LogP contribution in [0.3, 0.4) is 0 Å². The highest BCUT2D eigenvalue weighted by atomic mass is 16.4. The van der Waals surface area contributed by atoms with Crippen LogP contribution in [0.5, 0.6) is 0 Å². The molecule has 2 aliphatic carbocycles. The number of likely N-dealkylation sites (tertiary alicyclic amines) is 1. The molecule has 0 aromatic rings. The van der Waals surface area contributed by atoms with Crippen molar-refractivity contribution < 1.29 is 19.8 Å². The van der Waals surface area contributed by atoms with Gasteiger partial charge >= 0.3 is 11.9 Å². The second-order valence-electron chi connectivity index (χ2n) is 9.11. The molecule has 3 aliphatic rings. The molecule has 0 amide bonds. The van der Waals surface area contributed by atoms with Gasteiger partial charge in [-0.25, -0.2) is 9.59 Å². The molecule has 2 bridgehead atoms. The summed E-state index contributed by atoms with van der Waals surface area (Å²) in [5.41, 5.74) is 1.21. The highest BCUT2D eigenvalue weighted by molar-refractivity contribution is 6.27. The maximum absolute atomic E-state index is 9.10. The van der Waals surface area contributed by atoms with Crippen LogP contribution in [0.4, 0.5) is 0 Å². The lowest BCUT2D eigenvalue weighted by atomic mass is 9.79. The summed E-state index contributed by atoms with van der Waals surface area (Å²) in [6.07, 6.45) is 13.2. The van der Waals surface area contributed by atoms with E-state index in [1.807, 2.05) is 0 Å². The normalized spacial score (nSPS) is 33.2. The number of carbonyl (C=O) groups is 2. The maximum atomic E-state index is 9.10. The van der Waals surface area contributed by atoms with E-state index in [1.165, 1.54) is 64.3 Å². The van der Waals surface area contributed by atoms with Gasteiger partial charge in [0.25, 0.3) is 0 Å². The first-order valence-corrected chi connectivity index (χ1v) is 9.34. The number of fused-ring (bicyclic) bond motifs is 2. The molecule has 5 heteroatoms. The summed E-state index contributed by atoms with van der Waals surface area (Å²) >= 11 is 0. The van der Waals surface area contributed by atoms with Crippen LogP contribution in [-0.4, -0.2) is 45.7 Å². The summed E-state index contributed by atoms with van der Waals surface area (Å²) in [5, 5.41) is 14.8. The highest BCUT2D eigenvalue weighted by Gasteiger charge is 2.47. The Morgan fingerprint density at radius 1 is 0.875 bits per heavy atom. The van der Waals surface area contributed by atoms with Gasteiger partial charge in [0.05, 0.1) is 0 Å². The Morgan fingerprint density at radius 2 is 1.46 bits per heavy atom. The van der Waals surface area contributed by atoms with Gasteiger partial charge in [-0.15, -0.1) is 0 Å². The van der Waals surface area contributed by atoms with Crippen molar-refractivity contribution in [3.8, 4) is 0 Å². The predicted molar refractivity (Wildman–Crippen MR) is 93.0 cm³/mol. The monoisotopic (exact) mass is 339 g/mol. The summed E-state index contributed by atoms with van der Waals surface area (Å²) in [5.74, 6) is -3.65. The van der Waals surface area contributed by atoms with Gasteiger partial charge in [0.1, 0.15) is 0 Å². The third kappa shape index (κ3) is 4.95. The van der Waals surface area contributed by atoms with E-state index in [1.54, 1.807) is 0 Å². The van der Waals surface area contributed by atoms with E-state index in [9.17, 15) is 0 Å². The summed E-state index contributed by atoms with van der Waals surface area (Å²) in [7, 11) is 0. The van der Waals surface area contributed by atoms with E-state index in [4.69, 9.17) is 19.8 Å². The van der Waals surface area contributed by atoms with Crippen molar-refractivity contribution in [3.05, 3.63) is 0 Å². The maximum Gasteiger partial charge on any atom is 0.414 e. The van der Waals surface area contributed by atoms with Crippen molar-refractivity contribution >= 4 is 11.9 Å². The molecule has 1 saturated heterocycles. The zero-order valence-electron chi connectivity index (χ0n) is 15.4. The van der Waals surface area contributed by atoms with E-state index in [0.29, 0.717) is 10.8 Å². The van der Waals surface area contributed by atoms with Crippen molar-refractivity contribution in [1.29, 1.82) is 0 Å². The fraction of sp³-hybridized carbons (Fsp3) is 0.895. The number of carboxylic acids is 2. The van der Waals surface area contributed by atoms with E-state index in [0.717, 1.165) is 12.1 Å². The molecular formula is C19H33NO4. The molecule has 5 nitrogen and oxygen atoms in total. The summed E-state index contributed by atoms with van der Waals surface area (Å²) in [6.45, 7) is 8.95. The Balaban J connectivity index is 0.000000301. The Labute approximate surface area is 145 Å². The van der Waals surface area contributed by atoms with Crippen LogP contribution >= 0.6 is 0 Å². The molecule has 1 aliphatic heterocycles. The molecule has 3 fully saturated rings. The third-order valence-electron chi connectivity index (χ3n) is 6.18. The topological polar surface area (TPSA) is 77.8 Å². The predicted octanol–water partition coefficient (Wildman–Crippen LogP) is 3.77. The fourth-order valence-electron chi connectivity index (χ4n) is 4.91. The fourth-order valence-corrected chi connectivity index (χ4v) is 4.91. The minimum Gasteiger partial charge on any atom is -0.473 e. The first kappa shape index (κ1) is 19.2. The molecule has 0 aromatic carbocycles. The SMILES string of the molecule is CC1(C)CCC2(C)CC(C1)N(C1CCCCC1)C2.O=C(O)C(=O)O. The molecule has 0 radical (unpaired) electrons. The van der Waals surface area contributed by atoms with Crippen molar-refractivity contribution in [1.82, 2.24) is 4.90 Å². The lowest BCUT2D eigenvalue weighted by molar-refractivity contribution is -0.159. The second-order valence-corrected chi connectivity index (χ2v) is 9.11. The number of hydrogen-bond donors (Lipinski definition) is 2. The second kappa shape index (κ2) is 7.42. The van der Waals surface area contributed by atoms with E-state index in [2.05, 4.69) is 25.7 Å². The van der Waals surface area contributed by atoms with E-state index >= 15 is 0 Å². The van der Waals surface area contributed by atoms with Crippen molar-refractivity contribution in [2.75, 3.05) is 6.54 Å². The van der Waals surface area contributed by atoms with E-state index < -0.39 is 11.9 Å². The third-order valence-corrected chi connectivity index (χ3v) is 6.18. The molecule has 24 heavy (non-hydrogen) atoms. The molecule has 2 unspecified atom stereocenters. The van der Waals surface area contributed by atoms with Crippen molar-refractivity contribution in [2.45, 2.75) is 90.6 Å². The number of aliphatic carboxylic acids is 2. The van der Waals surface area contributed by atoms with Gasteiger partial charge in [0.2, 0.25) is 0 Å². The van der Waals surface area contributed by atoms with Gasteiger partial charge in [-0.2, -0.15) is 0 Å². The molecule has 1 heterocycles. The molecule has 2 atom stereocenters. The minimum atomic E-state index is -1.82. The van der Waals surface area contributed by atoms with Crippen LogP contribution in [0, 0.1) is 10.8 Å². The number of rotatable bonds is 1. The van der Waals surface area contributed by atoms with Crippen molar-refractivity contribution in [3.63, 3.8) is 0 Å². The minimum absolute atomic E-state index is 0.579. The molecule has 2 N–H and O–H groups in total. The van der Waals surface area contributed by atoms with E-state index in [-0.39, 0.29) is 0 Å². The molecule has 3 rings (SSSR count). The molecule has 2 saturated carbocycles. The average molecular weight is 339 g/mol.